The van der Waals surface area contributed by atoms with Gasteiger partial charge in [0.05, 0.1) is 0 Å². The Morgan fingerprint density at radius 2 is 2.36 bits per heavy atom. The van der Waals surface area contributed by atoms with Crippen LogP contribution in [0.3, 0.4) is 0 Å². The molecule has 2 N–H and O–H groups in total. The van der Waals surface area contributed by atoms with Crippen molar-refractivity contribution in [1.82, 2.24) is 9.97 Å². The van der Waals surface area contributed by atoms with Gasteiger partial charge in [0.25, 0.3) is 0 Å². The molecule has 0 amide bonds. The molecule has 0 saturated heterocycles. The van der Waals surface area contributed by atoms with Crippen LogP contribution < -0.4 is 5.32 Å². The van der Waals surface area contributed by atoms with Gasteiger partial charge in [-0.05, 0) is 5.92 Å². The fraction of sp³-hybridized carbons (Fsp3) is 0.444. The molecule has 0 saturated carbocycles. The largest absolute Gasteiger partial charge is 0.477 e. The zero-order valence-corrected chi connectivity index (χ0v) is 8.19. The highest BCUT2D eigenvalue weighted by molar-refractivity contribution is 5.92. The molecule has 0 radical (unpaired) electrons. The summed E-state index contributed by atoms with van der Waals surface area (Å²) >= 11 is 0. The Morgan fingerprint density at radius 1 is 1.64 bits per heavy atom. The molecule has 5 nitrogen and oxygen atoms in total. The van der Waals surface area contributed by atoms with Crippen molar-refractivity contribution in [3.05, 3.63) is 18.1 Å². The van der Waals surface area contributed by atoms with E-state index < -0.39 is 5.97 Å². The van der Waals surface area contributed by atoms with E-state index in [-0.39, 0.29) is 5.56 Å². The average molecular weight is 195 g/mol. The third-order valence-corrected chi connectivity index (χ3v) is 1.62. The summed E-state index contributed by atoms with van der Waals surface area (Å²) in [7, 11) is 0. The topological polar surface area (TPSA) is 75.1 Å². The number of anilines is 1. The molecule has 0 aliphatic carbocycles. The van der Waals surface area contributed by atoms with Crippen LogP contribution in [0.2, 0.25) is 0 Å². The molecule has 0 fully saturated rings. The standard InChI is InChI=1S/C9H13N3O2/c1-6(2)3-11-8-7(9(13)14)4-10-5-12-8/h4-6H,3H2,1-2H3,(H,13,14)(H,10,11,12). The fourth-order valence-electron chi connectivity index (χ4n) is 0.928. The molecule has 0 spiro atoms. The van der Waals surface area contributed by atoms with Crippen LogP contribution in [0.25, 0.3) is 0 Å². The van der Waals surface area contributed by atoms with Crippen molar-refractivity contribution < 1.29 is 9.90 Å². The Balaban J connectivity index is 2.79. The summed E-state index contributed by atoms with van der Waals surface area (Å²) in [4.78, 5) is 18.3. The Kier molecular flexibility index (Phi) is 3.39. The molecule has 14 heavy (non-hydrogen) atoms. The lowest BCUT2D eigenvalue weighted by molar-refractivity contribution is 0.0697. The summed E-state index contributed by atoms with van der Waals surface area (Å²) in [5, 5.41) is 11.8. The van der Waals surface area contributed by atoms with Gasteiger partial charge in [0.2, 0.25) is 0 Å². The van der Waals surface area contributed by atoms with Gasteiger partial charge in [-0.2, -0.15) is 0 Å². The molecule has 1 aromatic heterocycles. The monoisotopic (exact) mass is 195 g/mol. The van der Waals surface area contributed by atoms with E-state index in [0.717, 1.165) is 0 Å². The number of rotatable bonds is 4. The van der Waals surface area contributed by atoms with Gasteiger partial charge in [-0.25, -0.2) is 14.8 Å². The van der Waals surface area contributed by atoms with Gasteiger partial charge >= 0.3 is 5.97 Å². The van der Waals surface area contributed by atoms with E-state index in [1.54, 1.807) is 0 Å². The maximum Gasteiger partial charge on any atom is 0.341 e. The summed E-state index contributed by atoms with van der Waals surface area (Å²) < 4.78 is 0. The second-order valence-electron chi connectivity index (χ2n) is 3.36. The highest BCUT2D eigenvalue weighted by atomic mass is 16.4. The number of carboxylic acid groups (broad SMARTS) is 1. The number of nitrogens with one attached hydrogen (secondary N) is 1. The molecule has 76 valence electrons. The van der Waals surface area contributed by atoms with Crippen molar-refractivity contribution in [2.24, 2.45) is 5.92 Å². The fourth-order valence-corrected chi connectivity index (χ4v) is 0.928. The number of carboxylic acids is 1. The Morgan fingerprint density at radius 3 is 2.93 bits per heavy atom. The lowest BCUT2D eigenvalue weighted by Crippen LogP contribution is -2.13. The van der Waals surface area contributed by atoms with Crippen LogP contribution >= 0.6 is 0 Å². The first-order valence-electron chi connectivity index (χ1n) is 4.38. The minimum absolute atomic E-state index is 0.105. The van der Waals surface area contributed by atoms with Gasteiger partial charge in [-0.15, -0.1) is 0 Å². The third-order valence-electron chi connectivity index (χ3n) is 1.62. The highest BCUT2D eigenvalue weighted by Crippen LogP contribution is 2.10. The van der Waals surface area contributed by atoms with Gasteiger partial charge in [0.1, 0.15) is 17.7 Å². The van der Waals surface area contributed by atoms with Crippen LogP contribution in [-0.2, 0) is 0 Å². The second kappa shape index (κ2) is 4.55. The average Bonchev–Trinajstić information content (AvgIpc) is 2.15. The zero-order valence-electron chi connectivity index (χ0n) is 8.19. The van der Waals surface area contributed by atoms with Crippen LogP contribution in [0.1, 0.15) is 24.2 Å². The summed E-state index contributed by atoms with van der Waals surface area (Å²) in [5.41, 5.74) is 0.105. The van der Waals surface area contributed by atoms with Crippen molar-refractivity contribution in [3.63, 3.8) is 0 Å². The van der Waals surface area contributed by atoms with E-state index in [1.165, 1.54) is 12.5 Å². The maximum absolute atomic E-state index is 10.7. The molecule has 1 heterocycles. The number of carbonyl (C=O) groups is 1. The molecule has 0 unspecified atom stereocenters. The Hall–Kier alpha value is -1.65. The molecular weight excluding hydrogens is 182 g/mol. The highest BCUT2D eigenvalue weighted by Gasteiger charge is 2.10. The summed E-state index contributed by atoms with van der Waals surface area (Å²) in [5.74, 6) is -0.204. The van der Waals surface area contributed by atoms with Crippen LogP contribution in [0.4, 0.5) is 5.82 Å². The first-order valence-corrected chi connectivity index (χ1v) is 4.38. The van der Waals surface area contributed by atoms with Crippen molar-refractivity contribution in [2.75, 3.05) is 11.9 Å². The molecular formula is C9H13N3O2. The van der Waals surface area contributed by atoms with Crippen molar-refractivity contribution in [3.8, 4) is 0 Å². The van der Waals surface area contributed by atoms with Gasteiger partial charge < -0.3 is 10.4 Å². The van der Waals surface area contributed by atoms with Crippen molar-refractivity contribution in [1.29, 1.82) is 0 Å². The number of aromatic nitrogens is 2. The molecule has 1 aromatic rings. The summed E-state index contributed by atoms with van der Waals surface area (Å²) in [6.07, 6.45) is 2.62. The van der Waals surface area contributed by atoms with E-state index in [2.05, 4.69) is 15.3 Å². The molecule has 1 rings (SSSR count). The lowest BCUT2D eigenvalue weighted by atomic mass is 10.2. The summed E-state index contributed by atoms with van der Waals surface area (Å²) in [6, 6.07) is 0. The van der Waals surface area contributed by atoms with Crippen molar-refractivity contribution in [2.45, 2.75) is 13.8 Å². The number of nitrogens with zero attached hydrogens (tertiary/aromatic N) is 2. The van der Waals surface area contributed by atoms with Gasteiger partial charge in [-0.1, -0.05) is 13.8 Å². The molecule has 0 aliphatic heterocycles. The maximum atomic E-state index is 10.7. The predicted octanol–water partition coefficient (Wildman–Crippen LogP) is 1.24. The minimum atomic E-state index is -1.02. The van der Waals surface area contributed by atoms with Crippen LogP contribution in [0.15, 0.2) is 12.5 Å². The van der Waals surface area contributed by atoms with Crippen LogP contribution in [0.5, 0.6) is 0 Å². The van der Waals surface area contributed by atoms with E-state index in [9.17, 15) is 4.79 Å². The van der Waals surface area contributed by atoms with Crippen molar-refractivity contribution >= 4 is 11.8 Å². The van der Waals surface area contributed by atoms with Gasteiger partial charge in [0, 0.05) is 12.7 Å². The molecule has 0 atom stereocenters. The van der Waals surface area contributed by atoms with E-state index >= 15 is 0 Å². The molecule has 0 aliphatic rings. The lowest BCUT2D eigenvalue weighted by Gasteiger charge is -2.09. The van der Waals surface area contributed by atoms with Gasteiger partial charge in [-0.3, -0.25) is 0 Å². The number of aromatic carboxylic acids is 1. The molecule has 0 aromatic carbocycles. The van der Waals surface area contributed by atoms with E-state index in [4.69, 9.17) is 5.11 Å². The third kappa shape index (κ3) is 2.69. The van der Waals surface area contributed by atoms with Gasteiger partial charge in [0.15, 0.2) is 0 Å². The van der Waals surface area contributed by atoms with E-state index in [0.29, 0.717) is 18.3 Å². The smallest absolute Gasteiger partial charge is 0.341 e. The predicted molar refractivity (Wildman–Crippen MR) is 52.3 cm³/mol. The summed E-state index contributed by atoms with van der Waals surface area (Å²) in [6.45, 7) is 4.76. The Bertz CT molecular complexity index is 326. The SMILES string of the molecule is CC(C)CNc1ncncc1C(=O)O. The Labute approximate surface area is 82.2 Å². The first kappa shape index (κ1) is 10.4. The zero-order chi connectivity index (χ0) is 10.6. The minimum Gasteiger partial charge on any atom is -0.477 e. The molecule has 0 bridgehead atoms. The second-order valence-corrected chi connectivity index (χ2v) is 3.36. The quantitative estimate of drug-likeness (QED) is 0.756. The normalized spacial score (nSPS) is 10.2. The van der Waals surface area contributed by atoms with E-state index in [1.807, 2.05) is 13.8 Å². The first-order chi connectivity index (χ1) is 6.61. The number of hydrogen-bond donors (Lipinski definition) is 2. The molecule has 5 heteroatoms. The number of hydrogen-bond acceptors (Lipinski definition) is 4. The van der Waals surface area contributed by atoms with Crippen LogP contribution in [0, 0.1) is 5.92 Å². The van der Waals surface area contributed by atoms with Crippen LogP contribution in [-0.4, -0.2) is 27.6 Å².